The Bertz CT molecular complexity index is 374. The van der Waals surface area contributed by atoms with E-state index >= 15 is 0 Å². The molecule has 2 aliphatic heterocycles. The Morgan fingerprint density at radius 3 is 2.45 bits per heavy atom. The van der Waals surface area contributed by atoms with Crippen molar-refractivity contribution in [3.63, 3.8) is 0 Å². The van der Waals surface area contributed by atoms with Crippen LogP contribution in [0.15, 0.2) is 0 Å². The number of amides is 1. The van der Waals surface area contributed by atoms with Crippen LogP contribution in [0.3, 0.4) is 0 Å². The van der Waals surface area contributed by atoms with Crippen molar-refractivity contribution in [3.05, 3.63) is 0 Å². The second kappa shape index (κ2) is 6.12. The van der Waals surface area contributed by atoms with Gasteiger partial charge in [0.05, 0.1) is 24.0 Å². The Hall–Kier alpha value is -1.10. The summed E-state index contributed by atoms with van der Waals surface area (Å²) in [6, 6.07) is 0. The first kappa shape index (κ1) is 15.3. The van der Waals surface area contributed by atoms with E-state index in [1.54, 1.807) is 0 Å². The van der Waals surface area contributed by atoms with Crippen LogP contribution in [0.2, 0.25) is 0 Å². The third-order valence-corrected chi connectivity index (χ3v) is 4.76. The molecule has 2 fully saturated rings. The zero-order chi connectivity index (χ0) is 14.8. The van der Waals surface area contributed by atoms with Crippen LogP contribution in [-0.2, 0) is 14.3 Å². The van der Waals surface area contributed by atoms with Crippen molar-refractivity contribution in [2.24, 2.45) is 11.3 Å². The molecule has 114 valence electrons. The van der Waals surface area contributed by atoms with Gasteiger partial charge >= 0.3 is 5.97 Å². The number of likely N-dealkylation sites (tertiary alicyclic amines) is 1. The number of rotatable bonds is 4. The molecule has 1 amide bonds. The summed E-state index contributed by atoms with van der Waals surface area (Å²) in [4.78, 5) is 25.7. The van der Waals surface area contributed by atoms with Crippen LogP contribution in [-0.4, -0.2) is 47.7 Å². The van der Waals surface area contributed by atoms with E-state index in [1.807, 2.05) is 18.7 Å². The summed E-state index contributed by atoms with van der Waals surface area (Å²) in [5.41, 5.74) is -0.620. The average molecular weight is 283 g/mol. The zero-order valence-electron chi connectivity index (χ0n) is 12.4. The van der Waals surface area contributed by atoms with Gasteiger partial charge in [-0.25, -0.2) is 0 Å². The van der Waals surface area contributed by atoms with Gasteiger partial charge in [-0.1, -0.05) is 13.3 Å². The standard InChI is InChI=1S/C15H25NO4/c1-3-4-15(14(18)19)5-7-16(8-6-15)13(17)12-9-11(2)20-10-12/h11-12H,3-10H2,1-2H3,(H,18,19). The number of carbonyl (C=O) groups is 2. The molecular formula is C15H25NO4. The smallest absolute Gasteiger partial charge is 0.309 e. The maximum Gasteiger partial charge on any atom is 0.309 e. The highest BCUT2D eigenvalue weighted by Gasteiger charge is 2.42. The zero-order valence-corrected chi connectivity index (χ0v) is 12.4. The summed E-state index contributed by atoms with van der Waals surface area (Å²) >= 11 is 0. The predicted octanol–water partition coefficient (Wildman–Crippen LogP) is 1.90. The lowest BCUT2D eigenvalue weighted by atomic mass is 9.75. The number of carboxylic acids is 1. The first-order valence-electron chi connectivity index (χ1n) is 7.62. The Kier molecular flexibility index (Phi) is 4.68. The molecule has 1 N–H and O–H groups in total. The molecule has 0 aromatic heterocycles. The third-order valence-electron chi connectivity index (χ3n) is 4.76. The molecule has 0 saturated carbocycles. The summed E-state index contributed by atoms with van der Waals surface area (Å²) in [6.07, 6.45) is 3.67. The van der Waals surface area contributed by atoms with Gasteiger partial charge in [-0.3, -0.25) is 9.59 Å². The highest BCUT2D eigenvalue weighted by atomic mass is 16.5. The van der Waals surface area contributed by atoms with Crippen molar-refractivity contribution in [3.8, 4) is 0 Å². The molecule has 2 heterocycles. The Morgan fingerprint density at radius 1 is 1.35 bits per heavy atom. The van der Waals surface area contributed by atoms with Crippen molar-refractivity contribution in [2.45, 2.75) is 52.1 Å². The maximum atomic E-state index is 12.4. The second-order valence-corrected chi connectivity index (χ2v) is 6.24. The number of hydrogen-bond donors (Lipinski definition) is 1. The van der Waals surface area contributed by atoms with Gasteiger partial charge in [0.2, 0.25) is 5.91 Å². The lowest BCUT2D eigenvalue weighted by Gasteiger charge is -2.39. The molecular weight excluding hydrogens is 258 g/mol. The number of nitrogens with zero attached hydrogens (tertiary/aromatic N) is 1. The lowest BCUT2D eigenvalue weighted by molar-refractivity contribution is -0.155. The fourth-order valence-corrected chi connectivity index (χ4v) is 3.45. The van der Waals surface area contributed by atoms with E-state index in [-0.39, 0.29) is 17.9 Å². The number of hydrogen-bond acceptors (Lipinski definition) is 3. The highest BCUT2D eigenvalue weighted by Crippen LogP contribution is 2.37. The van der Waals surface area contributed by atoms with E-state index in [0.717, 1.165) is 12.8 Å². The quantitative estimate of drug-likeness (QED) is 0.855. The molecule has 0 bridgehead atoms. The number of carbonyl (C=O) groups excluding carboxylic acids is 1. The topological polar surface area (TPSA) is 66.8 Å². The summed E-state index contributed by atoms with van der Waals surface area (Å²) in [5.74, 6) is -0.595. The van der Waals surface area contributed by atoms with Crippen molar-refractivity contribution in [1.82, 2.24) is 4.90 Å². The summed E-state index contributed by atoms with van der Waals surface area (Å²) in [7, 11) is 0. The summed E-state index contributed by atoms with van der Waals surface area (Å²) in [6.45, 7) is 5.64. The van der Waals surface area contributed by atoms with Crippen LogP contribution in [0.5, 0.6) is 0 Å². The number of carboxylic acid groups (broad SMARTS) is 1. The van der Waals surface area contributed by atoms with Gasteiger partial charge in [-0.15, -0.1) is 0 Å². The molecule has 5 nitrogen and oxygen atoms in total. The van der Waals surface area contributed by atoms with Crippen molar-refractivity contribution >= 4 is 11.9 Å². The number of aliphatic carboxylic acids is 1. The van der Waals surface area contributed by atoms with Gasteiger partial charge in [0.1, 0.15) is 0 Å². The molecule has 0 aromatic carbocycles. The maximum absolute atomic E-state index is 12.4. The molecule has 2 atom stereocenters. The van der Waals surface area contributed by atoms with Crippen LogP contribution >= 0.6 is 0 Å². The predicted molar refractivity (Wildman–Crippen MR) is 74.3 cm³/mol. The minimum atomic E-state index is -0.704. The molecule has 2 unspecified atom stereocenters. The SMILES string of the molecule is CCCC1(C(=O)O)CCN(C(=O)C2COC(C)C2)CC1. The van der Waals surface area contributed by atoms with E-state index < -0.39 is 11.4 Å². The van der Waals surface area contributed by atoms with Crippen LogP contribution in [0, 0.1) is 11.3 Å². The van der Waals surface area contributed by atoms with Crippen molar-refractivity contribution in [1.29, 1.82) is 0 Å². The fraction of sp³-hybridized carbons (Fsp3) is 0.867. The molecule has 0 aliphatic carbocycles. The molecule has 0 radical (unpaired) electrons. The van der Waals surface area contributed by atoms with Gasteiger partial charge in [-0.2, -0.15) is 0 Å². The van der Waals surface area contributed by atoms with Gasteiger partial charge in [0.25, 0.3) is 0 Å². The second-order valence-electron chi connectivity index (χ2n) is 6.24. The monoisotopic (exact) mass is 283 g/mol. The molecule has 0 aromatic rings. The Morgan fingerprint density at radius 2 is 2.00 bits per heavy atom. The van der Waals surface area contributed by atoms with E-state index in [0.29, 0.717) is 39.0 Å². The van der Waals surface area contributed by atoms with E-state index in [9.17, 15) is 14.7 Å². The van der Waals surface area contributed by atoms with Gasteiger partial charge < -0.3 is 14.7 Å². The largest absolute Gasteiger partial charge is 0.481 e. The summed E-state index contributed by atoms with van der Waals surface area (Å²) < 4.78 is 5.45. The van der Waals surface area contributed by atoms with Crippen LogP contribution in [0.25, 0.3) is 0 Å². The first-order chi connectivity index (χ1) is 9.48. The molecule has 0 spiro atoms. The minimum Gasteiger partial charge on any atom is -0.481 e. The van der Waals surface area contributed by atoms with Crippen molar-refractivity contribution in [2.75, 3.05) is 19.7 Å². The van der Waals surface area contributed by atoms with Gasteiger partial charge in [0, 0.05) is 13.1 Å². The van der Waals surface area contributed by atoms with E-state index in [2.05, 4.69) is 0 Å². The molecule has 2 rings (SSSR count). The molecule has 2 aliphatic rings. The minimum absolute atomic E-state index is 0.0338. The fourth-order valence-electron chi connectivity index (χ4n) is 3.45. The van der Waals surface area contributed by atoms with E-state index in [1.165, 1.54) is 0 Å². The normalized spacial score (nSPS) is 29.4. The van der Waals surface area contributed by atoms with Crippen LogP contribution < -0.4 is 0 Å². The van der Waals surface area contributed by atoms with E-state index in [4.69, 9.17) is 4.74 Å². The number of piperidine rings is 1. The summed E-state index contributed by atoms with van der Waals surface area (Å²) in [5, 5.41) is 9.47. The van der Waals surface area contributed by atoms with Crippen molar-refractivity contribution < 1.29 is 19.4 Å². The van der Waals surface area contributed by atoms with Gasteiger partial charge in [0.15, 0.2) is 0 Å². The first-order valence-corrected chi connectivity index (χ1v) is 7.62. The lowest BCUT2D eigenvalue weighted by Crippen LogP contribution is -2.48. The molecule has 20 heavy (non-hydrogen) atoms. The van der Waals surface area contributed by atoms with Crippen LogP contribution in [0.4, 0.5) is 0 Å². The third kappa shape index (κ3) is 2.97. The Labute approximate surface area is 120 Å². The molecule has 2 saturated heterocycles. The highest BCUT2D eigenvalue weighted by molar-refractivity contribution is 5.80. The Balaban J connectivity index is 1.93. The van der Waals surface area contributed by atoms with Gasteiger partial charge in [-0.05, 0) is 32.6 Å². The van der Waals surface area contributed by atoms with Crippen LogP contribution in [0.1, 0.15) is 46.0 Å². The average Bonchev–Trinajstić information content (AvgIpc) is 2.85. The molecule has 5 heteroatoms. The number of ether oxygens (including phenoxy) is 1.